The number of phenols is 1. The Kier molecular flexibility index (Phi) is 6.97. The van der Waals surface area contributed by atoms with Crippen molar-refractivity contribution in [3.05, 3.63) is 88.0 Å². The second kappa shape index (κ2) is 9.97. The smallest absolute Gasteiger partial charge is 0.275 e. The molecule has 6 nitrogen and oxygen atoms in total. The molecule has 0 spiro atoms. The summed E-state index contributed by atoms with van der Waals surface area (Å²) in [6.07, 6.45) is 1.47. The molecule has 1 unspecified atom stereocenters. The zero-order valence-corrected chi connectivity index (χ0v) is 21.7. The predicted molar refractivity (Wildman–Crippen MR) is 144 cm³/mol. The van der Waals surface area contributed by atoms with Crippen molar-refractivity contribution in [1.29, 1.82) is 0 Å². The van der Waals surface area contributed by atoms with Gasteiger partial charge in [0.25, 0.3) is 5.91 Å². The van der Waals surface area contributed by atoms with E-state index in [4.69, 9.17) is 0 Å². The summed E-state index contributed by atoms with van der Waals surface area (Å²) in [7, 11) is 0. The summed E-state index contributed by atoms with van der Waals surface area (Å²) >= 11 is 0. The number of phenolic OH excluding ortho intramolecular Hbond substituents is 1. The predicted octanol–water partition coefficient (Wildman–Crippen LogP) is 6.43. The zero-order chi connectivity index (χ0) is 26.1. The fourth-order valence-corrected chi connectivity index (χ4v) is 4.48. The highest BCUT2D eigenvalue weighted by Crippen LogP contribution is 2.41. The molecular weight excluding hydrogens is 450 g/mol. The van der Waals surface area contributed by atoms with Gasteiger partial charge in [0.1, 0.15) is 11.7 Å². The number of hydrogen-bond donors (Lipinski definition) is 2. The van der Waals surface area contributed by atoms with Crippen LogP contribution in [0.1, 0.15) is 83.6 Å². The van der Waals surface area contributed by atoms with Gasteiger partial charge < -0.3 is 5.11 Å². The van der Waals surface area contributed by atoms with E-state index in [1.807, 2.05) is 90.1 Å². The number of hydrogen-bond acceptors (Lipinski definition) is 4. The third-order valence-corrected chi connectivity index (χ3v) is 6.83. The Labute approximate surface area is 212 Å². The van der Waals surface area contributed by atoms with E-state index in [0.717, 1.165) is 39.2 Å². The average molecular weight is 484 g/mol. The molecule has 0 radical (unpaired) electrons. The summed E-state index contributed by atoms with van der Waals surface area (Å²) in [5.74, 6) is -1.07. The van der Waals surface area contributed by atoms with Crippen LogP contribution in [0.5, 0.6) is 5.75 Å². The Morgan fingerprint density at radius 3 is 2.39 bits per heavy atom. The molecule has 36 heavy (non-hydrogen) atoms. The standard InChI is InChI=1S/C30H33N3O3/c1-17(2)21-14-24(18(3)4)28(34)25(15-21)29(35)32-31-16-26-23-9-7-8-10-27(23)33(30(26)36)22-12-11-19(5)20(6)13-22/h7-18,26,34H,1-6H3,(H,32,35). The number of aromatic hydroxyl groups is 1. The second-order valence-electron chi connectivity index (χ2n) is 10.0. The van der Waals surface area contributed by atoms with Crippen LogP contribution < -0.4 is 10.3 Å². The Morgan fingerprint density at radius 2 is 1.72 bits per heavy atom. The summed E-state index contributed by atoms with van der Waals surface area (Å²) in [5.41, 5.74) is 9.07. The molecule has 0 saturated heterocycles. The van der Waals surface area contributed by atoms with E-state index in [9.17, 15) is 14.7 Å². The Morgan fingerprint density at radius 1 is 1.00 bits per heavy atom. The van der Waals surface area contributed by atoms with Gasteiger partial charge in [0.15, 0.2) is 0 Å². The Bertz CT molecular complexity index is 1360. The van der Waals surface area contributed by atoms with E-state index in [-0.39, 0.29) is 29.1 Å². The SMILES string of the molecule is Cc1ccc(N2C(=O)C(C=NNC(=O)c3cc(C(C)C)cc(C(C)C)c3O)c3ccccc32)cc1C. The molecule has 1 heterocycles. The van der Waals surface area contributed by atoms with Gasteiger partial charge in [-0.2, -0.15) is 5.10 Å². The minimum atomic E-state index is -0.634. The Balaban J connectivity index is 1.61. The minimum absolute atomic E-state index is 0.0368. The van der Waals surface area contributed by atoms with Gasteiger partial charge in [-0.15, -0.1) is 0 Å². The van der Waals surface area contributed by atoms with E-state index < -0.39 is 11.8 Å². The van der Waals surface area contributed by atoms with Crippen molar-refractivity contribution in [3.8, 4) is 5.75 Å². The van der Waals surface area contributed by atoms with Gasteiger partial charge in [-0.3, -0.25) is 14.5 Å². The summed E-state index contributed by atoms with van der Waals surface area (Å²) in [6, 6.07) is 17.2. The van der Waals surface area contributed by atoms with Gasteiger partial charge in [0.2, 0.25) is 5.91 Å². The third kappa shape index (κ3) is 4.63. The van der Waals surface area contributed by atoms with Gasteiger partial charge in [0, 0.05) is 11.9 Å². The first-order chi connectivity index (χ1) is 17.1. The highest BCUT2D eigenvalue weighted by molar-refractivity contribution is 6.17. The third-order valence-electron chi connectivity index (χ3n) is 6.83. The number of nitrogens with one attached hydrogen (secondary N) is 1. The number of hydrazone groups is 1. The number of rotatable bonds is 6. The number of para-hydroxylation sites is 1. The van der Waals surface area contributed by atoms with Crippen molar-refractivity contribution in [3.63, 3.8) is 0 Å². The topological polar surface area (TPSA) is 82.0 Å². The van der Waals surface area contributed by atoms with Crippen LogP contribution in [0.4, 0.5) is 11.4 Å². The molecule has 1 atom stereocenters. The van der Waals surface area contributed by atoms with Crippen molar-refractivity contribution in [2.75, 3.05) is 4.90 Å². The van der Waals surface area contributed by atoms with Gasteiger partial charge >= 0.3 is 0 Å². The minimum Gasteiger partial charge on any atom is -0.507 e. The molecule has 0 aliphatic carbocycles. The molecule has 186 valence electrons. The molecule has 3 aromatic carbocycles. The number of nitrogens with zero attached hydrogens (tertiary/aromatic N) is 2. The van der Waals surface area contributed by atoms with E-state index in [0.29, 0.717) is 0 Å². The fourth-order valence-electron chi connectivity index (χ4n) is 4.48. The maximum Gasteiger partial charge on any atom is 0.275 e. The highest BCUT2D eigenvalue weighted by Gasteiger charge is 2.37. The number of benzene rings is 3. The molecule has 4 rings (SSSR count). The van der Waals surface area contributed by atoms with Crippen molar-refractivity contribution >= 4 is 29.4 Å². The normalized spacial score (nSPS) is 15.3. The lowest BCUT2D eigenvalue weighted by atomic mass is 9.92. The van der Waals surface area contributed by atoms with Crippen LogP contribution >= 0.6 is 0 Å². The van der Waals surface area contributed by atoms with Gasteiger partial charge in [0.05, 0.1) is 11.3 Å². The van der Waals surface area contributed by atoms with Crippen molar-refractivity contribution in [1.82, 2.24) is 5.43 Å². The number of anilines is 2. The first-order valence-electron chi connectivity index (χ1n) is 12.3. The van der Waals surface area contributed by atoms with Crippen molar-refractivity contribution in [2.24, 2.45) is 5.10 Å². The van der Waals surface area contributed by atoms with Crippen LogP contribution in [0.15, 0.2) is 59.7 Å². The van der Waals surface area contributed by atoms with E-state index in [1.54, 1.807) is 11.0 Å². The maximum atomic E-state index is 13.5. The quantitative estimate of drug-likeness (QED) is 0.313. The summed E-state index contributed by atoms with van der Waals surface area (Å²) in [4.78, 5) is 28.2. The number of carbonyl (C=O) groups excluding carboxylic acids is 2. The molecule has 0 bridgehead atoms. The van der Waals surface area contributed by atoms with Crippen molar-refractivity contribution < 1.29 is 14.7 Å². The van der Waals surface area contributed by atoms with Gasteiger partial charge in [-0.05, 0) is 77.8 Å². The lowest BCUT2D eigenvalue weighted by Crippen LogP contribution is -2.25. The molecular formula is C30H33N3O3. The summed E-state index contributed by atoms with van der Waals surface area (Å²) < 4.78 is 0. The zero-order valence-electron chi connectivity index (χ0n) is 21.7. The molecule has 3 aromatic rings. The average Bonchev–Trinajstić information content (AvgIpc) is 3.11. The molecule has 6 heteroatoms. The highest BCUT2D eigenvalue weighted by atomic mass is 16.3. The fraction of sp³-hybridized carbons (Fsp3) is 0.300. The number of fused-ring (bicyclic) bond motifs is 1. The lowest BCUT2D eigenvalue weighted by molar-refractivity contribution is -0.117. The van der Waals surface area contributed by atoms with Crippen LogP contribution in [0.25, 0.3) is 0 Å². The molecule has 2 amide bonds. The first kappa shape index (κ1) is 25.2. The Hall–Kier alpha value is -3.93. The molecule has 1 aliphatic rings. The van der Waals surface area contributed by atoms with Crippen LogP contribution in [-0.4, -0.2) is 23.1 Å². The van der Waals surface area contributed by atoms with Crippen LogP contribution in [0.3, 0.4) is 0 Å². The number of aryl methyl sites for hydroxylation is 2. The van der Waals surface area contributed by atoms with Crippen molar-refractivity contribution in [2.45, 2.75) is 59.3 Å². The molecule has 0 fully saturated rings. The van der Waals surface area contributed by atoms with E-state index >= 15 is 0 Å². The van der Waals surface area contributed by atoms with Crippen LogP contribution in [-0.2, 0) is 4.79 Å². The van der Waals surface area contributed by atoms with Crippen LogP contribution in [0.2, 0.25) is 0 Å². The number of amides is 2. The summed E-state index contributed by atoms with van der Waals surface area (Å²) in [6.45, 7) is 12.1. The van der Waals surface area contributed by atoms with E-state index in [1.165, 1.54) is 6.21 Å². The van der Waals surface area contributed by atoms with Gasteiger partial charge in [-0.25, -0.2) is 5.43 Å². The maximum absolute atomic E-state index is 13.5. The second-order valence-corrected chi connectivity index (χ2v) is 10.0. The molecule has 0 saturated carbocycles. The first-order valence-corrected chi connectivity index (χ1v) is 12.3. The largest absolute Gasteiger partial charge is 0.507 e. The summed E-state index contributed by atoms with van der Waals surface area (Å²) in [5, 5.41) is 14.9. The monoisotopic (exact) mass is 483 g/mol. The van der Waals surface area contributed by atoms with Gasteiger partial charge in [-0.1, -0.05) is 58.0 Å². The molecule has 2 N–H and O–H groups in total. The van der Waals surface area contributed by atoms with Crippen LogP contribution in [0, 0.1) is 13.8 Å². The lowest BCUT2D eigenvalue weighted by Gasteiger charge is -2.19. The molecule has 0 aromatic heterocycles. The number of carbonyl (C=O) groups is 2. The van der Waals surface area contributed by atoms with E-state index in [2.05, 4.69) is 10.5 Å². The molecule has 1 aliphatic heterocycles.